The summed E-state index contributed by atoms with van der Waals surface area (Å²) in [6.45, 7) is 2.87. The smallest absolute Gasteiger partial charge is 0.270 e. The Morgan fingerprint density at radius 1 is 1.23 bits per heavy atom. The lowest BCUT2D eigenvalue weighted by Gasteiger charge is -2.29. The molecule has 0 spiro atoms. The number of hydrogen-bond donors (Lipinski definition) is 0. The van der Waals surface area contributed by atoms with Crippen molar-refractivity contribution in [1.82, 2.24) is 9.91 Å². The Morgan fingerprint density at radius 3 is 2.65 bits per heavy atom. The van der Waals surface area contributed by atoms with Gasteiger partial charge in [-0.2, -0.15) is 5.10 Å². The Labute approximate surface area is 180 Å². The average molecular weight is 424 g/mol. The first kappa shape index (κ1) is 21.0. The number of hydrogen-bond acceptors (Lipinski definition) is 7. The maximum Gasteiger partial charge on any atom is 0.270 e. The van der Waals surface area contributed by atoms with E-state index in [0.717, 1.165) is 11.3 Å². The van der Waals surface area contributed by atoms with Crippen LogP contribution in [0.25, 0.3) is 0 Å². The van der Waals surface area contributed by atoms with Gasteiger partial charge in [0.15, 0.2) is 0 Å². The molecule has 0 radical (unpaired) electrons. The van der Waals surface area contributed by atoms with Crippen LogP contribution in [0.15, 0.2) is 53.6 Å². The van der Waals surface area contributed by atoms with Gasteiger partial charge in [0.05, 0.1) is 43.5 Å². The number of nitro groups is 1. The molecule has 2 aromatic rings. The lowest BCUT2D eigenvalue weighted by molar-refractivity contribution is -0.384. The molecule has 2 heterocycles. The highest BCUT2D eigenvalue weighted by molar-refractivity contribution is 6.03. The molecule has 1 fully saturated rings. The minimum Gasteiger partial charge on any atom is -0.497 e. The minimum absolute atomic E-state index is 0.000657. The molecule has 0 bridgehead atoms. The van der Waals surface area contributed by atoms with E-state index in [9.17, 15) is 14.9 Å². The van der Waals surface area contributed by atoms with Crippen LogP contribution in [0.3, 0.4) is 0 Å². The van der Waals surface area contributed by atoms with E-state index in [4.69, 9.17) is 9.47 Å². The van der Waals surface area contributed by atoms with Gasteiger partial charge in [0.1, 0.15) is 5.75 Å². The second kappa shape index (κ2) is 9.23. The summed E-state index contributed by atoms with van der Waals surface area (Å²) in [5.74, 6) is 0.621. The Kier molecular flexibility index (Phi) is 6.24. The molecule has 1 amide bonds. The highest BCUT2D eigenvalue weighted by atomic mass is 16.6. The van der Waals surface area contributed by atoms with Crippen molar-refractivity contribution >= 4 is 17.3 Å². The summed E-state index contributed by atoms with van der Waals surface area (Å²) in [5, 5.41) is 17.3. The molecule has 0 N–H and O–H groups in total. The summed E-state index contributed by atoms with van der Waals surface area (Å²) in [4.78, 5) is 26.0. The summed E-state index contributed by atoms with van der Waals surface area (Å²) in [5.41, 5.74) is 2.23. The van der Waals surface area contributed by atoms with E-state index in [1.165, 1.54) is 17.1 Å². The van der Waals surface area contributed by atoms with Crippen molar-refractivity contribution in [3.8, 4) is 5.75 Å². The number of nitrogens with zero attached hydrogens (tertiary/aromatic N) is 4. The quantitative estimate of drug-likeness (QED) is 0.522. The molecule has 2 aliphatic rings. The van der Waals surface area contributed by atoms with Gasteiger partial charge < -0.3 is 9.47 Å². The van der Waals surface area contributed by atoms with Crippen LogP contribution in [-0.2, 0) is 9.53 Å². The molecule has 162 valence electrons. The van der Waals surface area contributed by atoms with Crippen molar-refractivity contribution in [3.05, 3.63) is 69.8 Å². The number of nitro benzene ring substituents is 1. The Balaban J connectivity index is 1.62. The van der Waals surface area contributed by atoms with E-state index in [2.05, 4.69) is 10.0 Å². The van der Waals surface area contributed by atoms with Gasteiger partial charge >= 0.3 is 0 Å². The van der Waals surface area contributed by atoms with Crippen molar-refractivity contribution in [2.75, 3.05) is 40.0 Å². The molecule has 2 aromatic carbocycles. The number of non-ortho nitro benzene ring substituents is 1. The number of carbonyl (C=O) groups is 1. The zero-order valence-corrected chi connectivity index (χ0v) is 17.3. The number of rotatable bonds is 6. The number of benzene rings is 2. The van der Waals surface area contributed by atoms with Gasteiger partial charge in [-0.05, 0) is 17.7 Å². The lowest BCUT2D eigenvalue weighted by Crippen LogP contribution is -2.43. The third kappa shape index (κ3) is 4.73. The maximum atomic E-state index is 13.2. The zero-order chi connectivity index (χ0) is 21.8. The van der Waals surface area contributed by atoms with E-state index in [1.54, 1.807) is 19.2 Å². The number of methoxy groups -OCH3 is 1. The van der Waals surface area contributed by atoms with Gasteiger partial charge in [-0.25, -0.2) is 5.01 Å². The largest absolute Gasteiger partial charge is 0.497 e. The van der Waals surface area contributed by atoms with Crippen LogP contribution < -0.4 is 4.74 Å². The number of morpholine rings is 1. The number of carbonyl (C=O) groups excluding carboxylic acids is 1. The fourth-order valence-electron chi connectivity index (χ4n) is 3.82. The van der Waals surface area contributed by atoms with Gasteiger partial charge in [0.2, 0.25) is 0 Å². The van der Waals surface area contributed by atoms with Gasteiger partial charge in [-0.15, -0.1) is 0 Å². The molecule has 0 saturated carbocycles. The molecule has 9 nitrogen and oxygen atoms in total. The van der Waals surface area contributed by atoms with Crippen LogP contribution >= 0.6 is 0 Å². The molecule has 31 heavy (non-hydrogen) atoms. The molecule has 1 unspecified atom stereocenters. The van der Waals surface area contributed by atoms with E-state index in [1.807, 2.05) is 24.3 Å². The number of hydrazone groups is 1. The van der Waals surface area contributed by atoms with Crippen LogP contribution in [0.1, 0.15) is 23.6 Å². The van der Waals surface area contributed by atoms with E-state index >= 15 is 0 Å². The molecule has 1 saturated heterocycles. The van der Waals surface area contributed by atoms with Crippen molar-refractivity contribution in [1.29, 1.82) is 0 Å². The molecule has 2 aliphatic heterocycles. The third-order valence-electron chi connectivity index (χ3n) is 5.52. The SMILES string of the molecule is COc1ccc(C2CC(c3cccc([N+](=O)[O-])c3)=NN2C(=O)CN2CCOCC2)cc1. The molecule has 0 aromatic heterocycles. The van der Waals surface area contributed by atoms with Crippen molar-refractivity contribution < 1.29 is 19.2 Å². The highest BCUT2D eigenvalue weighted by Gasteiger charge is 2.34. The predicted octanol–water partition coefficient (Wildman–Crippen LogP) is 2.61. The van der Waals surface area contributed by atoms with Gasteiger partial charge in [-0.1, -0.05) is 24.3 Å². The normalized spacial score (nSPS) is 19.2. The van der Waals surface area contributed by atoms with Crippen molar-refractivity contribution in [2.24, 2.45) is 5.10 Å². The second-order valence-electron chi connectivity index (χ2n) is 7.47. The Bertz CT molecular complexity index is 986. The molecule has 9 heteroatoms. The summed E-state index contributed by atoms with van der Waals surface area (Å²) in [6, 6.07) is 13.6. The van der Waals surface area contributed by atoms with Gasteiger partial charge in [0.25, 0.3) is 11.6 Å². The molecule has 1 atom stereocenters. The van der Waals surface area contributed by atoms with Crippen molar-refractivity contribution in [3.63, 3.8) is 0 Å². The van der Waals surface area contributed by atoms with Crippen LogP contribution in [0, 0.1) is 10.1 Å². The topological polar surface area (TPSA) is 97.5 Å². The van der Waals surface area contributed by atoms with E-state index in [-0.39, 0.29) is 24.2 Å². The second-order valence-corrected chi connectivity index (χ2v) is 7.47. The van der Waals surface area contributed by atoms with Crippen LogP contribution in [0.5, 0.6) is 5.75 Å². The van der Waals surface area contributed by atoms with Crippen LogP contribution in [0.4, 0.5) is 5.69 Å². The van der Waals surface area contributed by atoms with E-state index < -0.39 is 4.92 Å². The summed E-state index contributed by atoms with van der Waals surface area (Å²) in [7, 11) is 1.60. The Morgan fingerprint density at radius 2 is 1.97 bits per heavy atom. The highest BCUT2D eigenvalue weighted by Crippen LogP contribution is 2.34. The fourth-order valence-corrected chi connectivity index (χ4v) is 3.82. The number of ether oxygens (including phenoxy) is 2. The van der Waals surface area contributed by atoms with Gasteiger partial charge in [0, 0.05) is 37.2 Å². The summed E-state index contributed by atoms with van der Waals surface area (Å²) in [6.07, 6.45) is 0.475. The summed E-state index contributed by atoms with van der Waals surface area (Å²) < 4.78 is 10.6. The predicted molar refractivity (Wildman–Crippen MR) is 114 cm³/mol. The standard InChI is InChI=1S/C22H24N4O5/c1-30-19-7-5-16(6-8-19)21-14-20(17-3-2-4-18(13-17)26(28)29)23-25(21)22(27)15-24-9-11-31-12-10-24/h2-8,13,21H,9-12,14-15H2,1H3. The fraction of sp³-hybridized carbons (Fsp3) is 0.364. The summed E-state index contributed by atoms with van der Waals surface area (Å²) >= 11 is 0. The van der Waals surface area contributed by atoms with E-state index in [0.29, 0.717) is 44.0 Å². The molecule has 0 aliphatic carbocycles. The van der Waals surface area contributed by atoms with Crippen LogP contribution in [0.2, 0.25) is 0 Å². The number of amides is 1. The molecular formula is C22H24N4O5. The van der Waals surface area contributed by atoms with Crippen LogP contribution in [-0.4, -0.2) is 66.4 Å². The first-order valence-corrected chi connectivity index (χ1v) is 10.1. The first-order valence-electron chi connectivity index (χ1n) is 10.1. The lowest BCUT2D eigenvalue weighted by atomic mass is 9.98. The zero-order valence-electron chi connectivity index (χ0n) is 17.3. The Hall–Kier alpha value is -3.30. The third-order valence-corrected chi connectivity index (χ3v) is 5.52. The average Bonchev–Trinajstić information content (AvgIpc) is 3.26. The van der Waals surface area contributed by atoms with Crippen molar-refractivity contribution in [2.45, 2.75) is 12.5 Å². The first-order chi connectivity index (χ1) is 15.0. The minimum atomic E-state index is -0.429. The maximum absolute atomic E-state index is 13.2. The monoisotopic (exact) mass is 424 g/mol. The van der Waals surface area contributed by atoms with Gasteiger partial charge in [-0.3, -0.25) is 19.8 Å². The molecular weight excluding hydrogens is 400 g/mol. The molecule has 4 rings (SSSR count).